The van der Waals surface area contributed by atoms with Crippen LogP contribution in [0.25, 0.3) is 0 Å². The lowest BCUT2D eigenvalue weighted by Crippen LogP contribution is -2.68. The van der Waals surface area contributed by atoms with Gasteiger partial charge in [-0.25, -0.2) is 0 Å². The number of aliphatic hydroxyl groups is 1. The van der Waals surface area contributed by atoms with Gasteiger partial charge in [0.15, 0.2) is 0 Å². The van der Waals surface area contributed by atoms with Crippen LogP contribution in [-0.4, -0.2) is 42.4 Å². The molecule has 1 N–H and O–H groups in total. The van der Waals surface area contributed by atoms with Gasteiger partial charge in [-0.15, -0.1) is 0 Å². The van der Waals surface area contributed by atoms with E-state index in [1.165, 1.54) is 17.5 Å². The number of fused-ring (bicyclic) bond motifs is 1. The van der Waals surface area contributed by atoms with Crippen LogP contribution in [-0.2, 0) is 5.41 Å². The van der Waals surface area contributed by atoms with Crippen LogP contribution in [0.4, 0.5) is 0 Å². The van der Waals surface area contributed by atoms with Crippen molar-refractivity contribution in [2.45, 2.75) is 63.0 Å². The fourth-order valence-electron chi connectivity index (χ4n) is 4.90. The van der Waals surface area contributed by atoms with Gasteiger partial charge >= 0.3 is 0 Å². The van der Waals surface area contributed by atoms with E-state index >= 15 is 0 Å². The van der Waals surface area contributed by atoms with Crippen molar-refractivity contribution in [2.75, 3.05) is 20.7 Å². The highest BCUT2D eigenvalue weighted by atomic mass is 16.5. The molecule has 0 amide bonds. The van der Waals surface area contributed by atoms with Gasteiger partial charge in [0.1, 0.15) is 5.75 Å². The van der Waals surface area contributed by atoms with Crippen molar-refractivity contribution in [1.82, 2.24) is 4.90 Å². The normalized spacial score (nSPS) is 36.0. The van der Waals surface area contributed by atoms with Crippen molar-refractivity contribution < 1.29 is 9.84 Å². The molecule has 122 valence electrons. The zero-order valence-corrected chi connectivity index (χ0v) is 14.4. The predicted molar refractivity (Wildman–Crippen MR) is 89.5 cm³/mol. The van der Waals surface area contributed by atoms with Gasteiger partial charge in [-0.1, -0.05) is 18.9 Å². The Morgan fingerprint density at radius 3 is 2.68 bits per heavy atom. The second-order valence-corrected chi connectivity index (χ2v) is 7.30. The summed E-state index contributed by atoms with van der Waals surface area (Å²) in [5, 5.41) is 11.7. The lowest BCUT2D eigenvalue weighted by molar-refractivity contribution is -0.148. The van der Waals surface area contributed by atoms with Gasteiger partial charge in [0, 0.05) is 11.5 Å². The molecule has 1 aromatic carbocycles. The van der Waals surface area contributed by atoms with Crippen molar-refractivity contribution in [3.63, 3.8) is 0 Å². The highest BCUT2D eigenvalue weighted by Gasteiger charge is 2.58. The number of methoxy groups -OCH3 is 1. The summed E-state index contributed by atoms with van der Waals surface area (Å²) in [4.78, 5) is 2.32. The molecule has 1 aliphatic heterocycles. The predicted octanol–water partition coefficient (Wildman–Crippen LogP) is 3.27. The lowest BCUT2D eigenvalue weighted by atomic mass is 9.53. The molecule has 0 spiro atoms. The molecule has 1 aliphatic carbocycles. The van der Waals surface area contributed by atoms with Crippen LogP contribution in [0.5, 0.6) is 5.75 Å². The van der Waals surface area contributed by atoms with E-state index in [0.29, 0.717) is 0 Å². The van der Waals surface area contributed by atoms with E-state index in [1.54, 1.807) is 7.11 Å². The van der Waals surface area contributed by atoms with Gasteiger partial charge in [0.25, 0.3) is 0 Å². The Bertz CT molecular complexity index is 558. The van der Waals surface area contributed by atoms with Crippen molar-refractivity contribution in [3.8, 4) is 5.75 Å². The molecular weight excluding hydrogens is 274 g/mol. The van der Waals surface area contributed by atoms with Crippen LogP contribution in [0.2, 0.25) is 0 Å². The minimum Gasteiger partial charge on any atom is -0.497 e. The minimum atomic E-state index is -0.643. The zero-order valence-electron chi connectivity index (χ0n) is 14.4. The molecule has 3 atom stereocenters. The summed E-state index contributed by atoms with van der Waals surface area (Å²) in [7, 11) is 3.86. The van der Waals surface area contributed by atoms with E-state index in [9.17, 15) is 5.11 Å². The number of ether oxygens (including phenoxy) is 1. The molecule has 1 heterocycles. The van der Waals surface area contributed by atoms with Crippen molar-refractivity contribution >= 4 is 0 Å². The first-order valence-electron chi connectivity index (χ1n) is 8.52. The highest BCUT2D eigenvalue weighted by Crippen LogP contribution is 2.54. The van der Waals surface area contributed by atoms with E-state index in [0.717, 1.165) is 38.0 Å². The fourth-order valence-corrected chi connectivity index (χ4v) is 4.90. The number of rotatable bonds is 2. The van der Waals surface area contributed by atoms with E-state index in [4.69, 9.17) is 4.74 Å². The monoisotopic (exact) mass is 303 g/mol. The van der Waals surface area contributed by atoms with Gasteiger partial charge < -0.3 is 14.7 Å². The molecular formula is C19H29NO2. The Morgan fingerprint density at radius 1 is 1.23 bits per heavy atom. The topological polar surface area (TPSA) is 32.7 Å². The van der Waals surface area contributed by atoms with Crippen molar-refractivity contribution in [1.29, 1.82) is 0 Å². The first-order chi connectivity index (χ1) is 10.4. The van der Waals surface area contributed by atoms with Crippen LogP contribution in [0, 0.1) is 6.92 Å². The van der Waals surface area contributed by atoms with E-state index in [2.05, 4.69) is 37.9 Å². The summed E-state index contributed by atoms with van der Waals surface area (Å²) in [5.74, 6) is 0.898. The molecule has 0 radical (unpaired) electrons. The SMILES string of the molecule is COc1ccc(C)c(C23CCCC[C@@]2(O)C(C)N(C)CC3)c1. The summed E-state index contributed by atoms with van der Waals surface area (Å²) in [6, 6.07) is 6.52. The summed E-state index contributed by atoms with van der Waals surface area (Å²) in [6.45, 7) is 5.40. The summed E-state index contributed by atoms with van der Waals surface area (Å²) in [5.41, 5.74) is 1.80. The van der Waals surface area contributed by atoms with Crippen LogP contribution >= 0.6 is 0 Å². The van der Waals surface area contributed by atoms with Gasteiger partial charge in [-0.05, 0) is 70.0 Å². The fraction of sp³-hybridized carbons (Fsp3) is 0.684. The molecule has 0 aromatic heterocycles. The van der Waals surface area contributed by atoms with Gasteiger partial charge in [0.05, 0.1) is 12.7 Å². The Labute approximate surface area is 134 Å². The number of benzene rings is 1. The van der Waals surface area contributed by atoms with Gasteiger partial charge in [0.2, 0.25) is 0 Å². The van der Waals surface area contributed by atoms with Crippen molar-refractivity contribution in [2.24, 2.45) is 0 Å². The Balaban J connectivity index is 2.16. The van der Waals surface area contributed by atoms with Crippen LogP contribution < -0.4 is 4.74 Å². The van der Waals surface area contributed by atoms with Crippen LogP contribution in [0.3, 0.4) is 0 Å². The highest BCUT2D eigenvalue weighted by molar-refractivity contribution is 5.44. The molecule has 3 rings (SSSR count). The Kier molecular flexibility index (Phi) is 3.98. The molecule has 3 heteroatoms. The third kappa shape index (κ3) is 2.10. The molecule has 2 unspecified atom stereocenters. The zero-order chi connectivity index (χ0) is 16.0. The maximum Gasteiger partial charge on any atom is 0.119 e. The average Bonchev–Trinajstić information content (AvgIpc) is 2.53. The molecule has 1 saturated carbocycles. The Hall–Kier alpha value is -1.06. The van der Waals surface area contributed by atoms with Crippen LogP contribution in [0.1, 0.15) is 50.2 Å². The largest absolute Gasteiger partial charge is 0.497 e. The Morgan fingerprint density at radius 2 is 1.95 bits per heavy atom. The van der Waals surface area contributed by atoms with E-state index in [1.807, 2.05) is 6.07 Å². The number of piperidine rings is 1. The number of hydrogen-bond acceptors (Lipinski definition) is 3. The first kappa shape index (κ1) is 15.8. The first-order valence-corrected chi connectivity index (χ1v) is 8.52. The van der Waals surface area contributed by atoms with Crippen LogP contribution in [0.15, 0.2) is 18.2 Å². The van der Waals surface area contributed by atoms with E-state index < -0.39 is 5.60 Å². The summed E-state index contributed by atoms with van der Waals surface area (Å²) >= 11 is 0. The van der Waals surface area contributed by atoms with Gasteiger partial charge in [-0.3, -0.25) is 0 Å². The molecule has 1 saturated heterocycles. The number of nitrogens with zero attached hydrogens (tertiary/aromatic N) is 1. The van der Waals surface area contributed by atoms with E-state index in [-0.39, 0.29) is 11.5 Å². The third-order valence-corrected chi connectivity index (χ3v) is 6.44. The second-order valence-electron chi connectivity index (χ2n) is 7.30. The number of hydrogen-bond donors (Lipinski definition) is 1. The van der Waals surface area contributed by atoms with Crippen molar-refractivity contribution in [3.05, 3.63) is 29.3 Å². The third-order valence-electron chi connectivity index (χ3n) is 6.44. The molecule has 1 aromatic rings. The molecule has 3 nitrogen and oxygen atoms in total. The maximum absolute atomic E-state index is 11.7. The molecule has 0 bridgehead atoms. The smallest absolute Gasteiger partial charge is 0.119 e. The second kappa shape index (κ2) is 5.54. The molecule has 2 aliphatic rings. The quantitative estimate of drug-likeness (QED) is 0.910. The number of likely N-dealkylation sites (tertiary alicyclic amines) is 1. The molecule has 22 heavy (non-hydrogen) atoms. The van der Waals surface area contributed by atoms with Gasteiger partial charge in [-0.2, -0.15) is 0 Å². The average molecular weight is 303 g/mol. The minimum absolute atomic E-state index is 0.129. The summed E-state index contributed by atoms with van der Waals surface area (Å²) < 4.78 is 5.47. The standard InChI is InChI=1S/C19H29NO2/c1-14-7-8-16(22-4)13-17(14)18-9-5-6-10-19(18,21)15(2)20(3)12-11-18/h7-8,13,15,21H,5-6,9-12H2,1-4H3/t15?,18?,19-/m1/s1. The maximum atomic E-state index is 11.7. The number of aryl methyl sites for hydroxylation is 1. The molecule has 2 fully saturated rings. The lowest BCUT2D eigenvalue weighted by Gasteiger charge is -2.60. The summed E-state index contributed by atoms with van der Waals surface area (Å²) in [6.07, 6.45) is 5.33. The number of likely N-dealkylation sites (N-methyl/N-ethyl adjacent to an activating group) is 1.